The Morgan fingerprint density at radius 3 is 2.19 bits per heavy atom. The van der Waals surface area contributed by atoms with E-state index >= 15 is 0 Å². The van der Waals surface area contributed by atoms with Gasteiger partial charge in [0, 0.05) is 0 Å². The average molecular weight is 262 g/mol. The van der Waals surface area contributed by atoms with E-state index in [0.29, 0.717) is 0 Å². The van der Waals surface area contributed by atoms with Gasteiger partial charge in [-0.25, -0.2) is 8.96 Å². The maximum absolute atomic E-state index is 12.3. The molecule has 0 aliphatic carbocycles. The van der Waals surface area contributed by atoms with Crippen molar-refractivity contribution < 1.29 is 43.3 Å². The van der Waals surface area contributed by atoms with Crippen molar-refractivity contribution in [2.75, 3.05) is 6.67 Å². The van der Waals surface area contributed by atoms with Gasteiger partial charge in [0.05, 0.1) is 0 Å². The van der Waals surface area contributed by atoms with Crippen LogP contribution in [0.5, 0.6) is 0 Å². The van der Waals surface area contributed by atoms with E-state index in [-0.39, 0.29) is 0 Å². The molecule has 0 aromatic rings. The number of hydrogen-bond acceptors (Lipinski definition) is 6. The minimum Gasteiger partial charge on any atom is -0.387 e. The van der Waals surface area contributed by atoms with Crippen LogP contribution in [0.25, 0.3) is 0 Å². The summed E-state index contributed by atoms with van der Waals surface area (Å²) in [5.74, 6) is 0. The zero-order chi connectivity index (χ0) is 12.5. The zero-order valence-electron chi connectivity index (χ0n) is 7.88. The Morgan fingerprint density at radius 2 is 1.75 bits per heavy atom. The molecule has 0 unspecified atom stereocenters. The molecule has 96 valence electrons. The number of aliphatic hydroxyl groups excluding tert-OH is 3. The maximum atomic E-state index is 12.3. The van der Waals surface area contributed by atoms with Crippen LogP contribution in [0.3, 0.4) is 0 Å². The fourth-order valence-corrected chi connectivity index (χ4v) is 1.71. The molecule has 1 aliphatic heterocycles. The van der Waals surface area contributed by atoms with Crippen molar-refractivity contribution in [2.45, 2.75) is 30.7 Å². The molecule has 1 aliphatic rings. The summed E-state index contributed by atoms with van der Waals surface area (Å²) in [6.07, 6.45) is -8.82. The molecular formula is C6H12FO8P. The van der Waals surface area contributed by atoms with Gasteiger partial charge >= 0.3 is 7.82 Å². The smallest absolute Gasteiger partial charge is 0.387 e. The average Bonchev–Trinajstić information content (AvgIpc) is 2.17. The fraction of sp³-hybridized carbons (Fsp3) is 1.00. The summed E-state index contributed by atoms with van der Waals surface area (Å²) < 4.78 is 31.3. The van der Waals surface area contributed by atoms with Crippen molar-refractivity contribution >= 4 is 7.82 Å². The van der Waals surface area contributed by atoms with E-state index < -0.39 is 45.2 Å². The molecule has 0 saturated carbocycles. The number of rotatable bonds is 3. The Hall–Kier alpha value is -0.120. The Kier molecular flexibility index (Phi) is 4.38. The third kappa shape index (κ3) is 3.19. The first-order chi connectivity index (χ1) is 7.26. The number of alkyl halides is 1. The van der Waals surface area contributed by atoms with Gasteiger partial charge in [0.15, 0.2) is 6.29 Å². The second kappa shape index (κ2) is 5.03. The number of phosphoric ester groups is 1. The lowest BCUT2D eigenvalue weighted by Crippen LogP contribution is -2.58. The zero-order valence-corrected chi connectivity index (χ0v) is 8.77. The van der Waals surface area contributed by atoms with Gasteiger partial charge in [-0.15, -0.1) is 0 Å². The lowest BCUT2D eigenvalue weighted by atomic mass is 10.00. The molecular weight excluding hydrogens is 250 g/mol. The van der Waals surface area contributed by atoms with Crippen molar-refractivity contribution in [3.63, 3.8) is 0 Å². The molecule has 0 spiro atoms. The lowest BCUT2D eigenvalue weighted by molar-refractivity contribution is -0.277. The summed E-state index contributed by atoms with van der Waals surface area (Å²) >= 11 is 0. The number of ether oxygens (including phenoxy) is 1. The summed E-state index contributed by atoms with van der Waals surface area (Å²) in [6.45, 7) is -1.20. The summed E-state index contributed by atoms with van der Waals surface area (Å²) in [7, 11) is -4.95. The molecule has 1 fully saturated rings. The molecule has 5 N–H and O–H groups in total. The van der Waals surface area contributed by atoms with E-state index in [1.165, 1.54) is 0 Å². The normalized spacial score (nSPS) is 41.0. The van der Waals surface area contributed by atoms with Crippen LogP contribution in [0.1, 0.15) is 0 Å². The molecule has 0 bridgehead atoms. The summed E-state index contributed by atoms with van der Waals surface area (Å²) in [5, 5.41) is 27.7. The molecule has 10 heteroatoms. The van der Waals surface area contributed by atoms with Crippen LogP contribution in [0, 0.1) is 0 Å². The third-order valence-electron chi connectivity index (χ3n) is 2.06. The van der Waals surface area contributed by atoms with Gasteiger partial charge in [-0.3, -0.25) is 4.52 Å². The molecule has 0 radical (unpaired) electrons. The van der Waals surface area contributed by atoms with E-state index in [9.17, 15) is 24.3 Å². The first kappa shape index (κ1) is 13.9. The quantitative estimate of drug-likeness (QED) is 0.364. The molecule has 1 heterocycles. The molecule has 8 nitrogen and oxygen atoms in total. The maximum Gasteiger partial charge on any atom is 0.472 e. The molecule has 5 atom stereocenters. The standard InChI is InChI=1S/C6H12FO8P/c7-1-2-3(8)4(9)5(10)6(14-2)15-16(11,12)13/h2-6,8-10H,1H2,(H2,11,12,13)/t2-,3-,4+,5-,6-/m1/s1. The SMILES string of the molecule is O=P(O)(O)O[C@H]1O[C@H](CF)[C@@H](O)[C@H](O)[C@H]1O. The minimum absolute atomic E-state index is 1.20. The molecule has 0 aromatic heterocycles. The topological polar surface area (TPSA) is 137 Å². The summed E-state index contributed by atoms with van der Waals surface area (Å²) in [4.78, 5) is 16.9. The van der Waals surface area contributed by atoms with Gasteiger partial charge in [0.1, 0.15) is 31.1 Å². The van der Waals surface area contributed by atoms with Crippen molar-refractivity contribution in [1.29, 1.82) is 0 Å². The highest BCUT2D eigenvalue weighted by molar-refractivity contribution is 7.46. The highest BCUT2D eigenvalue weighted by Crippen LogP contribution is 2.40. The lowest BCUT2D eigenvalue weighted by Gasteiger charge is -2.38. The Balaban J connectivity index is 2.75. The number of phosphoric acid groups is 1. The highest BCUT2D eigenvalue weighted by atomic mass is 31.2. The largest absolute Gasteiger partial charge is 0.472 e. The van der Waals surface area contributed by atoms with Crippen LogP contribution in [-0.2, 0) is 13.8 Å². The van der Waals surface area contributed by atoms with Crippen LogP contribution < -0.4 is 0 Å². The van der Waals surface area contributed by atoms with Crippen molar-refractivity contribution in [3.05, 3.63) is 0 Å². The van der Waals surface area contributed by atoms with E-state index in [1.54, 1.807) is 0 Å². The Morgan fingerprint density at radius 1 is 1.19 bits per heavy atom. The van der Waals surface area contributed by atoms with E-state index in [1.807, 2.05) is 0 Å². The Bertz CT molecular complexity index is 280. The van der Waals surface area contributed by atoms with Gasteiger partial charge in [-0.1, -0.05) is 0 Å². The minimum atomic E-state index is -4.95. The first-order valence-corrected chi connectivity index (χ1v) is 5.79. The molecule has 1 saturated heterocycles. The van der Waals surface area contributed by atoms with E-state index in [2.05, 4.69) is 9.26 Å². The fourth-order valence-electron chi connectivity index (χ4n) is 1.27. The van der Waals surface area contributed by atoms with Gasteiger partial charge in [0.2, 0.25) is 0 Å². The van der Waals surface area contributed by atoms with Crippen LogP contribution in [-0.4, -0.2) is 62.5 Å². The van der Waals surface area contributed by atoms with Gasteiger partial charge in [-0.2, -0.15) is 0 Å². The molecule has 16 heavy (non-hydrogen) atoms. The molecule has 1 rings (SSSR count). The van der Waals surface area contributed by atoms with Crippen LogP contribution >= 0.6 is 7.82 Å². The van der Waals surface area contributed by atoms with Crippen molar-refractivity contribution in [2.24, 2.45) is 0 Å². The van der Waals surface area contributed by atoms with Gasteiger partial charge in [-0.05, 0) is 0 Å². The van der Waals surface area contributed by atoms with Crippen LogP contribution in [0.4, 0.5) is 4.39 Å². The van der Waals surface area contributed by atoms with Gasteiger partial charge < -0.3 is 29.8 Å². The van der Waals surface area contributed by atoms with Crippen molar-refractivity contribution in [1.82, 2.24) is 0 Å². The highest BCUT2D eigenvalue weighted by Gasteiger charge is 2.46. The monoisotopic (exact) mass is 262 g/mol. The van der Waals surface area contributed by atoms with Crippen molar-refractivity contribution in [3.8, 4) is 0 Å². The van der Waals surface area contributed by atoms with Crippen LogP contribution in [0.2, 0.25) is 0 Å². The predicted octanol–water partition coefficient (Wildman–Crippen LogP) is -2.13. The third-order valence-corrected chi connectivity index (χ3v) is 2.54. The second-order valence-corrected chi connectivity index (χ2v) is 4.46. The number of hydrogen-bond donors (Lipinski definition) is 5. The molecule has 0 aromatic carbocycles. The number of halogens is 1. The summed E-state index contributed by atoms with van der Waals surface area (Å²) in [6, 6.07) is 0. The summed E-state index contributed by atoms with van der Waals surface area (Å²) in [5.41, 5.74) is 0. The first-order valence-electron chi connectivity index (χ1n) is 4.26. The predicted molar refractivity (Wildman–Crippen MR) is 45.8 cm³/mol. The van der Waals surface area contributed by atoms with Crippen LogP contribution in [0.15, 0.2) is 0 Å². The molecule has 0 amide bonds. The van der Waals surface area contributed by atoms with Gasteiger partial charge in [0.25, 0.3) is 0 Å². The second-order valence-electron chi connectivity index (χ2n) is 3.26. The van der Waals surface area contributed by atoms with E-state index in [0.717, 1.165) is 0 Å². The Labute approximate surface area is 89.5 Å². The van der Waals surface area contributed by atoms with E-state index in [4.69, 9.17) is 9.79 Å². The number of aliphatic hydroxyl groups is 3.